The first-order valence-electron chi connectivity index (χ1n) is 8.77. The average Bonchev–Trinajstić information content (AvgIpc) is 3.06. The number of nitrogens with zero attached hydrogens (tertiary/aromatic N) is 4. The lowest BCUT2D eigenvalue weighted by Crippen LogP contribution is -2.50. The molecule has 0 aliphatic carbocycles. The van der Waals surface area contributed by atoms with Crippen molar-refractivity contribution in [2.24, 2.45) is 0 Å². The molecule has 3 rings (SSSR count). The standard InChI is InChI=1S/C19H23ClN4O2/c1-13(2)18-17(12-21-24(18)16-6-4-5-15(20)11-16)19(26)23-9-7-22(8-10-23)14(3)25/h4-6,11-13H,7-10H2,1-3H3. The Balaban J connectivity index is 1.89. The van der Waals surface area contributed by atoms with Crippen molar-refractivity contribution in [3.05, 3.63) is 46.7 Å². The van der Waals surface area contributed by atoms with Crippen LogP contribution in [0.25, 0.3) is 5.69 Å². The van der Waals surface area contributed by atoms with E-state index in [-0.39, 0.29) is 17.7 Å². The molecule has 1 aromatic carbocycles. The minimum atomic E-state index is -0.0369. The normalized spacial score (nSPS) is 14.8. The number of halogens is 1. The van der Waals surface area contributed by atoms with Crippen molar-refractivity contribution in [2.75, 3.05) is 26.2 Å². The van der Waals surface area contributed by atoms with Crippen molar-refractivity contribution in [1.82, 2.24) is 19.6 Å². The molecule has 2 amide bonds. The van der Waals surface area contributed by atoms with Crippen LogP contribution in [0.2, 0.25) is 5.02 Å². The zero-order valence-corrected chi connectivity index (χ0v) is 16.0. The zero-order chi connectivity index (χ0) is 18.8. The molecule has 6 nitrogen and oxygen atoms in total. The SMILES string of the molecule is CC(=O)N1CCN(C(=O)c2cnn(-c3cccc(Cl)c3)c2C(C)C)CC1. The number of amides is 2. The molecular weight excluding hydrogens is 352 g/mol. The first-order chi connectivity index (χ1) is 12.4. The third-order valence-corrected chi connectivity index (χ3v) is 4.88. The van der Waals surface area contributed by atoms with E-state index in [2.05, 4.69) is 5.10 Å². The number of piperazine rings is 1. The fourth-order valence-electron chi connectivity index (χ4n) is 3.29. The van der Waals surface area contributed by atoms with E-state index < -0.39 is 0 Å². The Kier molecular flexibility index (Phi) is 5.32. The fourth-order valence-corrected chi connectivity index (χ4v) is 3.47. The van der Waals surface area contributed by atoms with Gasteiger partial charge in [-0.05, 0) is 24.1 Å². The summed E-state index contributed by atoms with van der Waals surface area (Å²) in [5.41, 5.74) is 2.31. The lowest BCUT2D eigenvalue weighted by molar-refractivity contribution is -0.130. The highest BCUT2D eigenvalue weighted by Crippen LogP contribution is 2.25. The van der Waals surface area contributed by atoms with E-state index in [4.69, 9.17) is 11.6 Å². The van der Waals surface area contributed by atoms with Gasteiger partial charge in [-0.25, -0.2) is 4.68 Å². The lowest BCUT2D eigenvalue weighted by atomic mass is 10.0. The Bertz CT molecular complexity index is 823. The topological polar surface area (TPSA) is 58.4 Å². The molecule has 0 unspecified atom stereocenters. The van der Waals surface area contributed by atoms with Crippen LogP contribution in [0, 0.1) is 0 Å². The van der Waals surface area contributed by atoms with Crippen LogP contribution >= 0.6 is 11.6 Å². The number of rotatable bonds is 3. The first-order valence-corrected chi connectivity index (χ1v) is 9.15. The Morgan fingerprint density at radius 3 is 2.35 bits per heavy atom. The molecule has 0 saturated carbocycles. The Labute approximate surface area is 158 Å². The molecule has 0 spiro atoms. The fraction of sp³-hybridized carbons (Fsp3) is 0.421. The third-order valence-electron chi connectivity index (χ3n) is 4.65. The van der Waals surface area contributed by atoms with Crippen LogP contribution in [0.15, 0.2) is 30.5 Å². The summed E-state index contributed by atoms with van der Waals surface area (Å²) in [5, 5.41) is 5.08. The number of hydrogen-bond acceptors (Lipinski definition) is 3. The molecule has 1 fully saturated rings. The predicted molar refractivity (Wildman–Crippen MR) is 101 cm³/mol. The zero-order valence-electron chi connectivity index (χ0n) is 15.3. The molecule has 0 atom stereocenters. The molecule has 0 radical (unpaired) electrons. The van der Waals surface area contributed by atoms with Gasteiger partial charge in [-0.1, -0.05) is 31.5 Å². The van der Waals surface area contributed by atoms with Gasteiger partial charge in [0.15, 0.2) is 0 Å². The van der Waals surface area contributed by atoms with Crippen molar-refractivity contribution < 1.29 is 9.59 Å². The average molecular weight is 375 g/mol. The molecule has 138 valence electrons. The maximum absolute atomic E-state index is 13.1. The summed E-state index contributed by atoms with van der Waals surface area (Å²) in [4.78, 5) is 28.1. The van der Waals surface area contributed by atoms with Crippen molar-refractivity contribution in [1.29, 1.82) is 0 Å². The summed E-state index contributed by atoms with van der Waals surface area (Å²) in [7, 11) is 0. The van der Waals surface area contributed by atoms with Crippen LogP contribution in [-0.4, -0.2) is 57.6 Å². The Hall–Kier alpha value is -2.34. The Morgan fingerprint density at radius 2 is 1.77 bits per heavy atom. The van der Waals surface area contributed by atoms with E-state index >= 15 is 0 Å². The number of benzene rings is 1. The van der Waals surface area contributed by atoms with Gasteiger partial charge in [0.2, 0.25) is 5.91 Å². The molecule has 26 heavy (non-hydrogen) atoms. The molecule has 7 heteroatoms. The molecular formula is C19H23ClN4O2. The smallest absolute Gasteiger partial charge is 0.257 e. The van der Waals surface area contributed by atoms with Gasteiger partial charge in [0.05, 0.1) is 23.1 Å². The van der Waals surface area contributed by atoms with Gasteiger partial charge in [-0.15, -0.1) is 0 Å². The van der Waals surface area contributed by atoms with E-state index in [1.54, 1.807) is 27.6 Å². The van der Waals surface area contributed by atoms with Crippen molar-refractivity contribution >= 4 is 23.4 Å². The van der Waals surface area contributed by atoms with Crippen LogP contribution in [-0.2, 0) is 4.79 Å². The molecule has 1 saturated heterocycles. The molecule has 2 heterocycles. The van der Waals surface area contributed by atoms with Crippen LogP contribution in [0.4, 0.5) is 0 Å². The maximum Gasteiger partial charge on any atom is 0.257 e. The van der Waals surface area contributed by atoms with E-state index in [0.29, 0.717) is 36.8 Å². The van der Waals surface area contributed by atoms with Gasteiger partial charge in [0, 0.05) is 38.1 Å². The second-order valence-corrected chi connectivity index (χ2v) is 7.22. The lowest BCUT2D eigenvalue weighted by Gasteiger charge is -2.34. The molecule has 0 N–H and O–H groups in total. The molecule has 0 bridgehead atoms. The number of carbonyl (C=O) groups excluding carboxylic acids is 2. The first kappa shape index (κ1) is 18.5. The summed E-state index contributed by atoms with van der Waals surface area (Å²) in [6.45, 7) is 7.87. The quantitative estimate of drug-likeness (QED) is 0.829. The van der Waals surface area contributed by atoms with Gasteiger partial charge < -0.3 is 9.80 Å². The van der Waals surface area contributed by atoms with Crippen LogP contribution in [0.5, 0.6) is 0 Å². The summed E-state index contributed by atoms with van der Waals surface area (Å²) >= 11 is 6.11. The highest BCUT2D eigenvalue weighted by molar-refractivity contribution is 6.30. The highest BCUT2D eigenvalue weighted by atomic mass is 35.5. The third kappa shape index (κ3) is 3.60. The second kappa shape index (κ2) is 7.50. The summed E-state index contributed by atoms with van der Waals surface area (Å²) in [6.07, 6.45) is 1.63. The largest absolute Gasteiger partial charge is 0.339 e. The summed E-state index contributed by atoms with van der Waals surface area (Å²) in [5.74, 6) is 0.132. The minimum absolute atomic E-state index is 0.0369. The second-order valence-electron chi connectivity index (χ2n) is 6.79. The van der Waals surface area contributed by atoms with E-state index in [0.717, 1.165) is 11.4 Å². The van der Waals surface area contributed by atoms with E-state index in [1.165, 1.54) is 0 Å². The predicted octanol–water partition coefficient (Wildman–Crippen LogP) is 2.95. The van der Waals surface area contributed by atoms with Crippen LogP contribution in [0.3, 0.4) is 0 Å². The van der Waals surface area contributed by atoms with Crippen LogP contribution < -0.4 is 0 Å². The molecule has 2 aromatic rings. The van der Waals surface area contributed by atoms with Gasteiger partial charge >= 0.3 is 0 Å². The number of carbonyl (C=O) groups is 2. The van der Waals surface area contributed by atoms with Gasteiger partial charge in [-0.3, -0.25) is 9.59 Å². The van der Waals surface area contributed by atoms with E-state index in [1.807, 2.05) is 38.1 Å². The monoisotopic (exact) mass is 374 g/mol. The van der Waals surface area contributed by atoms with Crippen molar-refractivity contribution in [3.63, 3.8) is 0 Å². The minimum Gasteiger partial charge on any atom is -0.339 e. The van der Waals surface area contributed by atoms with E-state index in [9.17, 15) is 9.59 Å². The summed E-state index contributed by atoms with van der Waals surface area (Å²) in [6, 6.07) is 7.43. The van der Waals surface area contributed by atoms with Gasteiger partial charge in [0.25, 0.3) is 5.91 Å². The molecule has 1 aromatic heterocycles. The molecule has 1 aliphatic heterocycles. The van der Waals surface area contributed by atoms with Crippen LogP contribution in [0.1, 0.15) is 42.7 Å². The summed E-state index contributed by atoms with van der Waals surface area (Å²) < 4.78 is 1.79. The maximum atomic E-state index is 13.1. The highest BCUT2D eigenvalue weighted by Gasteiger charge is 2.28. The van der Waals surface area contributed by atoms with Gasteiger partial charge in [0.1, 0.15) is 0 Å². The van der Waals surface area contributed by atoms with Gasteiger partial charge in [-0.2, -0.15) is 5.10 Å². The molecule has 1 aliphatic rings. The van der Waals surface area contributed by atoms with Crippen molar-refractivity contribution in [2.45, 2.75) is 26.7 Å². The number of aromatic nitrogens is 2. The Morgan fingerprint density at radius 1 is 1.12 bits per heavy atom. The van der Waals surface area contributed by atoms with Crippen molar-refractivity contribution in [3.8, 4) is 5.69 Å². The number of hydrogen-bond donors (Lipinski definition) is 0.